The molecule has 0 atom stereocenters. The number of nitrogens with zero attached hydrogens (tertiary/aromatic N) is 3. The molecule has 0 radical (unpaired) electrons. The summed E-state index contributed by atoms with van der Waals surface area (Å²) in [5.74, 6) is 0.440. The highest BCUT2D eigenvalue weighted by Crippen LogP contribution is 1.86. The van der Waals surface area contributed by atoms with Crippen molar-refractivity contribution in [1.29, 1.82) is 0 Å². The molecule has 0 aliphatic carbocycles. The molecule has 2 rings (SSSR count). The van der Waals surface area contributed by atoms with Crippen molar-refractivity contribution < 1.29 is 4.52 Å². The molecule has 0 spiro atoms. The molecule has 10 heavy (non-hydrogen) atoms. The Kier molecular flexibility index (Phi) is 0.768. The molecule has 2 aromatic rings. The Hall–Kier alpha value is -1.58. The number of aromatic nitrogens is 3. The van der Waals surface area contributed by atoms with Crippen molar-refractivity contribution in [3.05, 3.63) is 17.0 Å². The summed E-state index contributed by atoms with van der Waals surface area (Å²) in [6.07, 6.45) is 1.51. The second-order valence-electron chi connectivity index (χ2n) is 1.97. The number of rotatable bonds is 0. The van der Waals surface area contributed by atoms with Crippen LogP contribution in [0.1, 0.15) is 0 Å². The first-order valence-corrected chi connectivity index (χ1v) is 2.75. The third-order valence-corrected chi connectivity index (χ3v) is 1.36. The summed E-state index contributed by atoms with van der Waals surface area (Å²) in [5.41, 5.74) is 0. The van der Waals surface area contributed by atoms with Gasteiger partial charge in [-0.2, -0.15) is 4.98 Å². The SMILES string of the molecule is C=c1nc2oncn2c1=C. The van der Waals surface area contributed by atoms with Gasteiger partial charge in [0.2, 0.25) is 0 Å². The second-order valence-corrected chi connectivity index (χ2v) is 1.97. The average Bonchev–Trinajstić information content (AvgIpc) is 2.41. The van der Waals surface area contributed by atoms with E-state index in [0.717, 1.165) is 5.35 Å². The van der Waals surface area contributed by atoms with Crippen molar-refractivity contribution in [3.8, 4) is 0 Å². The topological polar surface area (TPSA) is 43.3 Å². The van der Waals surface area contributed by atoms with E-state index in [-0.39, 0.29) is 0 Å². The van der Waals surface area contributed by atoms with Gasteiger partial charge < -0.3 is 4.52 Å². The highest BCUT2D eigenvalue weighted by Gasteiger charge is 1.98. The van der Waals surface area contributed by atoms with E-state index in [9.17, 15) is 0 Å². The van der Waals surface area contributed by atoms with Gasteiger partial charge in [0.05, 0.1) is 10.7 Å². The fourth-order valence-corrected chi connectivity index (χ4v) is 0.790. The number of imidazole rings is 1. The van der Waals surface area contributed by atoms with Crippen molar-refractivity contribution in [2.24, 2.45) is 0 Å². The van der Waals surface area contributed by atoms with Gasteiger partial charge in [0.1, 0.15) is 6.33 Å². The first-order valence-electron chi connectivity index (χ1n) is 2.75. The molecule has 0 fully saturated rings. The summed E-state index contributed by atoms with van der Waals surface area (Å²) in [7, 11) is 0. The first-order chi connectivity index (χ1) is 4.79. The number of hydrogen-bond donors (Lipinski definition) is 0. The van der Waals surface area contributed by atoms with Gasteiger partial charge in [-0.3, -0.25) is 0 Å². The van der Waals surface area contributed by atoms with E-state index in [1.54, 1.807) is 4.40 Å². The average molecular weight is 135 g/mol. The lowest BCUT2D eigenvalue weighted by Crippen LogP contribution is -2.23. The quantitative estimate of drug-likeness (QED) is 0.472. The van der Waals surface area contributed by atoms with E-state index < -0.39 is 0 Å². The zero-order valence-electron chi connectivity index (χ0n) is 5.24. The molecule has 0 aromatic carbocycles. The molecular formula is C6H5N3O. The molecule has 4 heteroatoms. The Balaban J connectivity index is 3.24. The first kappa shape index (κ1) is 5.22. The fourth-order valence-electron chi connectivity index (χ4n) is 0.790. The van der Waals surface area contributed by atoms with Crippen LogP contribution in [-0.4, -0.2) is 14.5 Å². The van der Waals surface area contributed by atoms with Gasteiger partial charge in [0.15, 0.2) is 0 Å². The lowest BCUT2D eigenvalue weighted by Gasteiger charge is -1.71. The van der Waals surface area contributed by atoms with Crippen molar-refractivity contribution in [1.82, 2.24) is 14.5 Å². The minimum Gasteiger partial charge on any atom is -0.315 e. The molecule has 2 aromatic heterocycles. The molecule has 0 aliphatic rings. The normalized spacial score (nSPS) is 10.8. The minimum atomic E-state index is 0.440. The van der Waals surface area contributed by atoms with Crippen LogP contribution in [0.2, 0.25) is 0 Å². The fraction of sp³-hybridized carbons (Fsp3) is 0. The molecule has 0 amide bonds. The van der Waals surface area contributed by atoms with Crippen LogP contribution in [0.25, 0.3) is 19.0 Å². The molecule has 4 nitrogen and oxygen atoms in total. The van der Waals surface area contributed by atoms with Gasteiger partial charge in [-0.1, -0.05) is 18.3 Å². The van der Waals surface area contributed by atoms with Gasteiger partial charge in [0.25, 0.3) is 0 Å². The highest BCUT2D eigenvalue weighted by atomic mass is 16.5. The Morgan fingerprint density at radius 2 is 2.30 bits per heavy atom. The van der Waals surface area contributed by atoms with Gasteiger partial charge in [-0.25, -0.2) is 4.40 Å². The third-order valence-electron chi connectivity index (χ3n) is 1.36. The van der Waals surface area contributed by atoms with E-state index in [2.05, 4.69) is 23.3 Å². The molecule has 0 saturated carbocycles. The highest BCUT2D eigenvalue weighted by molar-refractivity contribution is 5.24. The van der Waals surface area contributed by atoms with Crippen molar-refractivity contribution in [2.45, 2.75) is 0 Å². The number of fused-ring (bicyclic) bond motifs is 1. The Bertz CT molecular complexity index is 453. The second kappa shape index (κ2) is 1.47. The summed E-state index contributed by atoms with van der Waals surface area (Å²) in [6.45, 7) is 7.37. The predicted molar refractivity (Wildman–Crippen MR) is 35.5 cm³/mol. The summed E-state index contributed by atoms with van der Waals surface area (Å²) >= 11 is 0. The lowest BCUT2D eigenvalue weighted by molar-refractivity contribution is 0.447. The van der Waals surface area contributed by atoms with Crippen LogP contribution in [0.3, 0.4) is 0 Å². The third kappa shape index (κ3) is 0.452. The monoisotopic (exact) mass is 135 g/mol. The smallest absolute Gasteiger partial charge is 0.315 e. The van der Waals surface area contributed by atoms with Crippen LogP contribution >= 0.6 is 0 Å². The molecular weight excluding hydrogens is 130 g/mol. The summed E-state index contributed by atoms with van der Waals surface area (Å²) in [6, 6.07) is 0. The van der Waals surface area contributed by atoms with Crippen LogP contribution in [0, 0.1) is 0 Å². The maximum atomic E-state index is 4.74. The van der Waals surface area contributed by atoms with E-state index >= 15 is 0 Å². The van der Waals surface area contributed by atoms with Gasteiger partial charge >= 0.3 is 5.84 Å². The minimum absolute atomic E-state index is 0.440. The van der Waals surface area contributed by atoms with Crippen LogP contribution in [0.4, 0.5) is 0 Å². The van der Waals surface area contributed by atoms with Crippen molar-refractivity contribution >= 4 is 19.0 Å². The molecule has 0 aliphatic heterocycles. The Morgan fingerprint density at radius 1 is 1.50 bits per heavy atom. The molecule has 0 saturated heterocycles. The maximum Gasteiger partial charge on any atom is 0.332 e. The van der Waals surface area contributed by atoms with Gasteiger partial charge in [-0.15, -0.1) is 0 Å². The summed E-state index contributed by atoms with van der Waals surface area (Å²) < 4.78 is 6.38. The molecule has 2 heterocycles. The van der Waals surface area contributed by atoms with Crippen molar-refractivity contribution in [2.75, 3.05) is 0 Å². The van der Waals surface area contributed by atoms with Gasteiger partial charge in [-0.05, 0) is 0 Å². The molecule has 50 valence electrons. The van der Waals surface area contributed by atoms with Crippen LogP contribution in [-0.2, 0) is 0 Å². The lowest BCUT2D eigenvalue weighted by atomic mass is 10.6. The largest absolute Gasteiger partial charge is 0.332 e. The van der Waals surface area contributed by atoms with E-state index in [0.29, 0.717) is 11.2 Å². The van der Waals surface area contributed by atoms with Gasteiger partial charge in [0, 0.05) is 0 Å². The molecule has 0 N–H and O–H groups in total. The Morgan fingerprint density at radius 3 is 3.00 bits per heavy atom. The maximum absolute atomic E-state index is 4.74. The number of hydrogen-bond acceptors (Lipinski definition) is 3. The van der Waals surface area contributed by atoms with Crippen LogP contribution in [0.15, 0.2) is 10.9 Å². The van der Waals surface area contributed by atoms with Crippen molar-refractivity contribution in [3.63, 3.8) is 0 Å². The standard InChI is InChI=1S/C6H5N3O/c1-4-5(2)9-3-7-10-6(9)8-4/h3H,1-2H2. The predicted octanol–water partition coefficient (Wildman–Crippen LogP) is -0.857. The zero-order valence-corrected chi connectivity index (χ0v) is 5.24. The van der Waals surface area contributed by atoms with E-state index in [4.69, 9.17) is 4.52 Å². The summed E-state index contributed by atoms with van der Waals surface area (Å²) in [5, 5.41) is 4.87. The molecule has 0 bridgehead atoms. The zero-order chi connectivity index (χ0) is 7.14. The van der Waals surface area contributed by atoms with E-state index in [1.807, 2.05) is 0 Å². The molecule has 0 unspecified atom stereocenters. The summed E-state index contributed by atoms with van der Waals surface area (Å²) in [4.78, 5) is 3.93. The Labute approximate surface area is 56.1 Å². The van der Waals surface area contributed by atoms with Crippen LogP contribution in [0.5, 0.6) is 0 Å². The van der Waals surface area contributed by atoms with E-state index in [1.165, 1.54) is 6.33 Å². The van der Waals surface area contributed by atoms with Crippen LogP contribution < -0.4 is 10.7 Å².